The van der Waals surface area contributed by atoms with Gasteiger partial charge in [-0.3, -0.25) is 4.79 Å². The van der Waals surface area contributed by atoms with Gasteiger partial charge in [-0.15, -0.1) is 0 Å². The largest absolute Gasteiger partial charge is 0.500 e. The van der Waals surface area contributed by atoms with Gasteiger partial charge in [-0.2, -0.15) is 0 Å². The van der Waals surface area contributed by atoms with Crippen molar-refractivity contribution in [2.24, 2.45) is 5.92 Å². The van der Waals surface area contributed by atoms with E-state index in [0.717, 1.165) is 35.3 Å². The number of ether oxygens (including phenoxy) is 2. The molecule has 0 aliphatic heterocycles. The zero-order valence-corrected chi connectivity index (χ0v) is 19.5. The minimum atomic E-state index is 0.0840. The molecule has 0 radical (unpaired) electrons. The van der Waals surface area contributed by atoms with Gasteiger partial charge in [0, 0.05) is 23.5 Å². The fourth-order valence-corrected chi connectivity index (χ4v) is 2.77. The van der Waals surface area contributed by atoms with Gasteiger partial charge >= 0.3 is 0 Å². The zero-order valence-electron chi connectivity index (χ0n) is 19.5. The second-order valence-electron chi connectivity index (χ2n) is 6.68. The standard InChI is InChI=1S/C24H34O3.C2H6/c1-7-18(4)15-21(23(25)9-3)22(24(26-6)19(5)8-2)17-27-16-20-13-11-10-12-14-20;1-2/h10-15,19H,4,7-9,16-17H2,1-3,5-6H3;1-2H3/b21-15+,24-22+;. The molecule has 1 rings (SSSR count). The van der Waals surface area contributed by atoms with Crippen LogP contribution < -0.4 is 0 Å². The first kappa shape index (κ1) is 26.9. The molecule has 1 aromatic carbocycles. The summed E-state index contributed by atoms with van der Waals surface area (Å²) < 4.78 is 11.7. The van der Waals surface area contributed by atoms with E-state index >= 15 is 0 Å². The number of hydrogen-bond donors (Lipinski definition) is 0. The minimum absolute atomic E-state index is 0.0840. The molecule has 0 bridgehead atoms. The third-order valence-corrected chi connectivity index (χ3v) is 4.68. The van der Waals surface area contributed by atoms with Crippen molar-refractivity contribution >= 4 is 5.78 Å². The van der Waals surface area contributed by atoms with Crippen LogP contribution in [-0.2, 0) is 20.9 Å². The lowest BCUT2D eigenvalue weighted by atomic mass is 9.92. The Labute approximate surface area is 178 Å². The maximum atomic E-state index is 12.7. The number of carbonyl (C=O) groups is 1. The Bertz CT molecular complexity index is 668. The van der Waals surface area contributed by atoms with Crippen LogP contribution in [0, 0.1) is 5.92 Å². The van der Waals surface area contributed by atoms with Crippen LogP contribution >= 0.6 is 0 Å². The highest BCUT2D eigenvalue weighted by Gasteiger charge is 2.22. The fourth-order valence-electron chi connectivity index (χ4n) is 2.77. The Morgan fingerprint density at radius 3 is 2.21 bits per heavy atom. The van der Waals surface area contributed by atoms with Crippen LogP contribution in [0.3, 0.4) is 0 Å². The Hall–Kier alpha value is -2.13. The van der Waals surface area contributed by atoms with E-state index < -0.39 is 0 Å². The van der Waals surface area contributed by atoms with Crippen molar-refractivity contribution in [2.75, 3.05) is 13.7 Å². The molecule has 0 fully saturated rings. The first-order valence-electron chi connectivity index (χ1n) is 10.8. The fraction of sp³-hybridized carbons (Fsp3) is 0.500. The van der Waals surface area contributed by atoms with Gasteiger partial charge in [0.05, 0.1) is 20.3 Å². The number of Topliss-reactive ketones (excluding diaryl/α,β-unsaturated/α-hetero) is 1. The van der Waals surface area contributed by atoms with Crippen LogP contribution in [0.1, 0.15) is 66.4 Å². The van der Waals surface area contributed by atoms with E-state index in [1.807, 2.05) is 64.1 Å². The van der Waals surface area contributed by atoms with E-state index in [4.69, 9.17) is 9.47 Å². The topological polar surface area (TPSA) is 35.5 Å². The molecule has 29 heavy (non-hydrogen) atoms. The first-order valence-corrected chi connectivity index (χ1v) is 10.8. The molecule has 0 amide bonds. The highest BCUT2D eigenvalue weighted by Crippen LogP contribution is 2.27. The summed E-state index contributed by atoms with van der Waals surface area (Å²) in [4.78, 5) is 12.7. The van der Waals surface area contributed by atoms with Crippen LogP contribution in [0.2, 0.25) is 0 Å². The Morgan fingerprint density at radius 2 is 1.72 bits per heavy atom. The smallest absolute Gasteiger partial charge is 0.163 e. The van der Waals surface area contributed by atoms with Crippen molar-refractivity contribution in [1.82, 2.24) is 0 Å². The lowest BCUT2D eigenvalue weighted by Gasteiger charge is -2.21. The molecule has 0 N–H and O–H groups in total. The molecule has 1 unspecified atom stereocenters. The molecule has 0 spiro atoms. The maximum absolute atomic E-state index is 12.7. The van der Waals surface area contributed by atoms with E-state index in [9.17, 15) is 4.79 Å². The summed E-state index contributed by atoms with van der Waals surface area (Å²) in [6.45, 7) is 17.0. The molecule has 0 aliphatic rings. The predicted octanol–water partition coefficient (Wildman–Crippen LogP) is 7.05. The number of ketones is 1. The average Bonchev–Trinajstić information content (AvgIpc) is 2.78. The monoisotopic (exact) mass is 400 g/mol. The molecular weight excluding hydrogens is 360 g/mol. The summed E-state index contributed by atoms with van der Waals surface area (Å²) in [6.07, 6.45) is 4.05. The average molecular weight is 401 g/mol. The summed E-state index contributed by atoms with van der Waals surface area (Å²) >= 11 is 0. The third-order valence-electron chi connectivity index (χ3n) is 4.68. The van der Waals surface area contributed by atoms with Crippen LogP contribution in [-0.4, -0.2) is 19.5 Å². The highest BCUT2D eigenvalue weighted by molar-refractivity contribution is 6.00. The molecule has 1 aromatic rings. The van der Waals surface area contributed by atoms with Crippen LogP contribution in [0.15, 0.2) is 65.5 Å². The Morgan fingerprint density at radius 1 is 1.10 bits per heavy atom. The number of hydrogen-bond acceptors (Lipinski definition) is 3. The maximum Gasteiger partial charge on any atom is 0.163 e. The summed E-state index contributed by atoms with van der Waals surface area (Å²) in [6, 6.07) is 10.0. The van der Waals surface area contributed by atoms with Crippen LogP contribution in [0.25, 0.3) is 0 Å². The van der Waals surface area contributed by atoms with Gasteiger partial charge in [0.15, 0.2) is 5.78 Å². The normalized spacial score (nSPS) is 13.0. The van der Waals surface area contributed by atoms with Gasteiger partial charge in [0.25, 0.3) is 0 Å². The van der Waals surface area contributed by atoms with Crippen molar-refractivity contribution < 1.29 is 14.3 Å². The quantitative estimate of drug-likeness (QED) is 0.214. The van der Waals surface area contributed by atoms with Gasteiger partial charge in [-0.1, -0.05) is 84.0 Å². The molecule has 0 aliphatic carbocycles. The minimum Gasteiger partial charge on any atom is -0.500 e. The second-order valence-corrected chi connectivity index (χ2v) is 6.68. The van der Waals surface area contributed by atoms with Gasteiger partial charge < -0.3 is 9.47 Å². The Kier molecular flexibility index (Phi) is 14.6. The number of methoxy groups -OCH3 is 1. The SMILES string of the molecule is C=C(/C=C(C(=O)CC)\C(COCc1ccccc1)=C(\OC)C(C)CC)CC.CC. The number of allylic oxidation sites excluding steroid dienone is 3. The van der Waals surface area contributed by atoms with Crippen LogP contribution in [0.5, 0.6) is 0 Å². The van der Waals surface area contributed by atoms with Gasteiger partial charge in [-0.05, 0) is 24.5 Å². The lowest BCUT2D eigenvalue weighted by Crippen LogP contribution is -2.16. The molecule has 162 valence electrons. The van der Waals surface area contributed by atoms with Crippen LogP contribution in [0.4, 0.5) is 0 Å². The molecule has 0 aromatic heterocycles. The summed E-state index contributed by atoms with van der Waals surface area (Å²) in [5.41, 5.74) is 3.52. The number of carbonyl (C=O) groups excluding carboxylic acids is 1. The first-order chi connectivity index (χ1) is 14.0. The highest BCUT2D eigenvalue weighted by atomic mass is 16.5. The molecular formula is C26H40O3. The van der Waals surface area contributed by atoms with E-state index in [2.05, 4.69) is 20.4 Å². The number of benzene rings is 1. The molecule has 1 atom stereocenters. The molecule has 3 heteroatoms. The summed E-state index contributed by atoms with van der Waals surface area (Å²) in [5.74, 6) is 1.11. The Balaban J connectivity index is 0.00000379. The van der Waals surface area contributed by atoms with E-state index in [0.29, 0.717) is 25.2 Å². The van der Waals surface area contributed by atoms with Crippen molar-refractivity contribution in [3.63, 3.8) is 0 Å². The van der Waals surface area contributed by atoms with E-state index in [1.165, 1.54) is 0 Å². The van der Waals surface area contributed by atoms with Crippen molar-refractivity contribution in [3.8, 4) is 0 Å². The zero-order chi connectivity index (χ0) is 22.2. The van der Waals surface area contributed by atoms with Gasteiger partial charge in [0.1, 0.15) is 5.76 Å². The molecule has 0 saturated heterocycles. The number of rotatable bonds is 12. The van der Waals surface area contributed by atoms with E-state index in [-0.39, 0.29) is 11.7 Å². The molecule has 3 nitrogen and oxygen atoms in total. The van der Waals surface area contributed by atoms with Crippen molar-refractivity contribution in [2.45, 2.75) is 67.4 Å². The summed E-state index contributed by atoms with van der Waals surface area (Å²) in [7, 11) is 1.67. The van der Waals surface area contributed by atoms with Crippen molar-refractivity contribution in [1.29, 1.82) is 0 Å². The molecule has 0 heterocycles. The molecule has 0 saturated carbocycles. The second kappa shape index (κ2) is 15.8. The van der Waals surface area contributed by atoms with Gasteiger partial charge in [-0.25, -0.2) is 0 Å². The predicted molar refractivity (Wildman–Crippen MR) is 124 cm³/mol. The van der Waals surface area contributed by atoms with Gasteiger partial charge in [0.2, 0.25) is 0 Å². The third kappa shape index (κ3) is 9.27. The van der Waals surface area contributed by atoms with Crippen molar-refractivity contribution in [3.05, 3.63) is 71.0 Å². The van der Waals surface area contributed by atoms with E-state index in [1.54, 1.807) is 7.11 Å². The summed E-state index contributed by atoms with van der Waals surface area (Å²) in [5, 5.41) is 0. The lowest BCUT2D eigenvalue weighted by molar-refractivity contribution is -0.115.